The number of aromatic amines is 1. The van der Waals surface area contributed by atoms with Crippen molar-refractivity contribution in [3.05, 3.63) is 53.6 Å². The molecule has 9 heteroatoms. The standard InChI is InChI=1S/C20H18ClN5O2S/c1-28-17-9-8-14(21)12-16(17)19-23-20(25-24-19)29-13-18(27)26(11-5-10-22)15-6-3-2-4-7-15/h2-4,6-9,12H,5,11,13H2,1H3,(H,23,24,25). The summed E-state index contributed by atoms with van der Waals surface area (Å²) in [6.07, 6.45) is 0.255. The van der Waals surface area contributed by atoms with Crippen LogP contribution in [0.2, 0.25) is 5.02 Å². The first-order valence-electron chi connectivity index (χ1n) is 8.74. The Balaban J connectivity index is 1.71. The number of aromatic nitrogens is 3. The first-order valence-corrected chi connectivity index (χ1v) is 10.1. The summed E-state index contributed by atoms with van der Waals surface area (Å²) in [5.41, 5.74) is 1.44. The van der Waals surface area contributed by atoms with E-state index in [0.717, 1.165) is 5.69 Å². The lowest BCUT2D eigenvalue weighted by atomic mass is 10.2. The molecule has 29 heavy (non-hydrogen) atoms. The maximum atomic E-state index is 12.7. The van der Waals surface area contributed by atoms with Gasteiger partial charge in [-0.1, -0.05) is 41.6 Å². The Morgan fingerprint density at radius 2 is 2.10 bits per heavy atom. The lowest BCUT2D eigenvalue weighted by Crippen LogP contribution is -2.33. The number of methoxy groups -OCH3 is 1. The molecule has 0 fully saturated rings. The van der Waals surface area contributed by atoms with Crippen LogP contribution in [0.3, 0.4) is 0 Å². The molecule has 0 unspecified atom stereocenters. The van der Waals surface area contributed by atoms with Crippen LogP contribution in [0.15, 0.2) is 53.7 Å². The van der Waals surface area contributed by atoms with E-state index in [9.17, 15) is 4.79 Å². The Hall–Kier alpha value is -3.02. The van der Waals surface area contributed by atoms with Gasteiger partial charge in [0.05, 0.1) is 30.9 Å². The number of ether oxygens (including phenoxy) is 1. The quantitative estimate of drug-likeness (QED) is 0.542. The highest BCUT2D eigenvalue weighted by Crippen LogP contribution is 2.31. The number of para-hydroxylation sites is 1. The monoisotopic (exact) mass is 427 g/mol. The van der Waals surface area contributed by atoms with Gasteiger partial charge in [-0.15, -0.1) is 5.10 Å². The van der Waals surface area contributed by atoms with Gasteiger partial charge in [0.2, 0.25) is 11.1 Å². The highest BCUT2D eigenvalue weighted by atomic mass is 35.5. The molecule has 2 aromatic carbocycles. The minimum atomic E-state index is -0.122. The van der Waals surface area contributed by atoms with E-state index in [4.69, 9.17) is 21.6 Å². The summed E-state index contributed by atoms with van der Waals surface area (Å²) in [5, 5.41) is 16.9. The van der Waals surface area contributed by atoms with Crippen molar-refractivity contribution in [2.45, 2.75) is 11.6 Å². The van der Waals surface area contributed by atoms with Crippen molar-refractivity contribution in [3.8, 4) is 23.2 Å². The number of halogens is 1. The number of carbonyl (C=O) groups is 1. The fourth-order valence-corrected chi connectivity index (χ4v) is 3.51. The topological polar surface area (TPSA) is 94.9 Å². The van der Waals surface area contributed by atoms with Gasteiger partial charge in [0, 0.05) is 17.3 Å². The van der Waals surface area contributed by atoms with Crippen molar-refractivity contribution in [1.29, 1.82) is 5.26 Å². The number of rotatable bonds is 8. The van der Waals surface area contributed by atoms with Crippen molar-refractivity contribution in [2.75, 3.05) is 24.3 Å². The van der Waals surface area contributed by atoms with Gasteiger partial charge in [-0.3, -0.25) is 9.89 Å². The summed E-state index contributed by atoms with van der Waals surface area (Å²) in [6.45, 7) is 0.332. The van der Waals surface area contributed by atoms with Gasteiger partial charge in [-0.2, -0.15) is 5.26 Å². The maximum Gasteiger partial charge on any atom is 0.237 e. The van der Waals surface area contributed by atoms with Gasteiger partial charge in [0.15, 0.2) is 5.82 Å². The van der Waals surface area contributed by atoms with Crippen LogP contribution in [-0.4, -0.2) is 40.5 Å². The zero-order chi connectivity index (χ0) is 20.6. The molecule has 1 heterocycles. The number of H-pyrrole nitrogens is 1. The predicted molar refractivity (Wildman–Crippen MR) is 113 cm³/mol. The first-order chi connectivity index (χ1) is 14.1. The van der Waals surface area contributed by atoms with Gasteiger partial charge in [-0.05, 0) is 30.3 Å². The van der Waals surface area contributed by atoms with E-state index in [1.54, 1.807) is 30.2 Å². The molecular weight excluding hydrogens is 410 g/mol. The summed E-state index contributed by atoms with van der Waals surface area (Å²) < 4.78 is 5.34. The van der Waals surface area contributed by atoms with E-state index < -0.39 is 0 Å². The molecule has 0 spiro atoms. The second kappa shape index (κ2) is 9.96. The minimum absolute atomic E-state index is 0.122. The smallest absolute Gasteiger partial charge is 0.237 e. The predicted octanol–water partition coefficient (Wildman–Crippen LogP) is 4.17. The molecule has 0 saturated heterocycles. The molecule has 0 aliphatic rings. The Labute approximate surface area is 177 Å². The van der Waals surface area contributed by atoms with Crippen LogP contribution < -0.4 is 9.64 Å². The molecule has 0 aliphatic heterocycles. The number of nitrogens with one attached hydrogen (secondary N) is 1. The number of hydrogen-bond donors (Lipinski definition) is 1. The van der Waals surface area contributed by atoms with Crippen LogP contribution in [0.1, 0.15) is 6.42 Å². The van der Waals surface area contributed by atoms with Gasteiger partial charge in [0.1, 0.15) is 5.75 Å². The summed E-state index contributed by atoms with van der Waals surface area (Å²) in [5.74, 6) is 1.14. The Morgan fingerprint density at radius 3 is 2.83 bits per heavy atom. The largest absolute Gasteiger partial charge is 0.496 e. The number of nitrogens with zero attached hydrogens (tertiary/aromatic N) is 4. The number of nitriles is 1. The third-order valence-electron chi connectivity index (χ3n) is 4.02. The number of carbonyl (C=O) groups excluding carboxylic acids is 1. The third-order valence-corrected chi connectivity index (χ3v) is 5.09. The van der Waals surface area contributed by atoms with Gasteiger partial charge < -0.3 is 9.64 Å². The minimum Gasteiger partial charge on any atom is -0.496 e. The van der Waals surface area contributed by atoms with Crippen LogP contribution in [0.4, 0.5) is 5.69 Å². The van der Waals surface area contributed by atoms with Crippen molar-refractivity contribution >= 4 is 35.0 Å². The number of amides is 1. The summed E-state index contributed by atoms with van der Waals surface area (Å²) >= 11 is 7.29. The van der Waals surface area contributed by atoms with Crippen LogP contribution in [0.5, 0.6) is 5.75 Å². The van der Waals surface area contributed by atoms with E-state index in [2.05, 4.69) is 21.3 Å². The Bertz CT molecular complexity index is 1020. The van der Waals surface area contributed by atoms with E-state index in [1.807, 2.05) is 30.3 Å². The SMILES string of the molecule is COc1ccc(Cl)cc1-c1nc(SCC(=O)N(CCC#N)c2ccccc2)n[nH]1. The zero-order valence-corrected chi connectivity index (χ0v) is 17.2. The second-order valence-electron chi connectivity index (χ2n) is 5.89. The number of anilines is 1. The number of thioether (sulfide) groups is 1. The lowest BCUT2D eigenvalue weighted by Gasteiger charge is -2.21. The number of benzene rings is 2. The molecule has 0 bridgehead atoms. The second-order valence-corrected chi connectivity index (χ2v) is 7.27. The normalized spacial score (nSPS) is 10.4. The summed E-state index contributed by atoms with van der Waals surface area (Å²) in [4.78, 5) is 18.8. The van der Waals surface area contributed by atoms with Crippen LogP contribution in [-0.2, 0) is 4.79 Å². The van der Waals surface area contributed by atoms with Crippen molar-refractivity contribution in [1.82, 2.24) is 15.2 Å². The van der Waals surface area contributed by atoms with Gasteiger partial charge in [-0.25, -0.2) is 4.98 Å². The van der Waals surface area contributed by atoms with Gasteiger partial charge >= 0.3 is 0 Å². The van der Waals surface area contributed by atoms with Crippen LogP contribution in [0.25, 0.3) is 11.4 Å². The van der Waals surface area contributed by atoms with E-state index in [1.165, 1.54) is 11.8 Å². The first kappa shape index (κ1) is 20.7. The average Bonchev–Trinajstić information content (AvgIpc) is 3.22. The van der Waals surface area contributed by atoms with E-state index >= 15 is 0 Å². The van der Waals surface area contributed by atoms with Crippen molar-refractivity contribution in [3.63, 3.8) is 0 Å². The summed E-state index contributed by atoms with van der Waals surface area (Å²) in [7, 11) is 1.57. The molecule has 0 radical (unpaired) electrons. The molecular formula is C20H18ClN5O2S. The van der Waals surface area contributed by atoms with Crippen molar-refractivity contribution < 1.29 is 9.53 Å². The molecule has 1 amide bonds. The van der Waals surface area contributed by atoms with Crippen molar-refractivity contribution in [2.24, 2.45) is 0 Å². The van der Waals surface area contributed by atoms with E-state index in [-0.39, 0.29) is 18.1 Å². The molecule has 0 saturated carbocycles. The molecule has 0 aliphatic carbocycles. The van der Waals surface area contributed by atoms with Crippen LogP contribution >= 0.6 is 23.4 Å². The Morgan fingerprint density at radius 1 is 1.31 bits per heavy atom. The molecule has 1 aromatic heterocycles. The lowest BCUT2D eigenvalue weighted by molar-refractivity contribution is -0.116. The number of hydrogen-bond acceptors (Lipinski definition) is 6. The molecule has 3 aromatic rings. The molecule has 1 N–H and O–H groups in total. The van der Waals surface area contributed by atoms with E-state index in [0.29, 0.717) is 33.9 Å². The molecule has 3 rings (SSSR count). The Kier molecular flexibility index (Phi) is 7.11. The summed E-state index contributed by atoms with van der Waals surface area (Å²) in [6, 6.07) is 16.6. The zero-order valence-electron chi connectivity index (χ0n) is 15.6. The average molecular weight is 428 g/mol. The highest BCUT2D eigenvalue weighted by molar-refractivity contribution is 7.99. The van der Waals surface area contributed by atoms with Gasteiger partial charge in [0.25, 0.3) is 0 Å². The molecule has 0 atom stereocenters. The van der Waals surface area contributed by atoms with Crippen LogP contribution in [0, 0.1) is 11.3 Å². The third kappa shape index (κ3) is 5.28. The highest BCUT2D eigenvalue weighted by Gasteiger charge is 2.18. The molecule has 148 valence electrons. The molecule has 7 nitrogen and oxygen atoms in total. The fraction of sp³-hybridized carbons (Fsp3) is 0.200. The fourth-order valence-electron chi connectivity index (χ4n) is 2.67. The maximum absolute atomic E-state index is 12.7.